The Hall–Kier alpha value is -4.06. The van der Waals surface area contributed by atoms with Crippen LogP contribution in [-0.2, 0) is 17.7 Å². The summed E-state index contributed by atoms with van der Waals surface area (Å²) >= 11 is 0. The molecule has 2 aliphatic heterocycles. The fraction of sp³-hybridized carbons (Fsp3) is 0.440. The molecule has 0 saturated carbocycles. The van der Waals surface area contributed by atoms with Gasteiger partial charge >= 0.3 is 17.8 Å². The first-order valence-electron chi connectivity index (χ1n) is 12.4. The van der Waals surface area contributed by atoms with Crippen LogP contribution in [0.4, 0.5) is 16.3 Å². The number of aryl methyl sites for hydroxylation is 1. The second-order valence-electron chi connectivity index (χ2n) is 9.08. The van der Waals surface area contributed by atoms with Crippen molar-refractivity contribution in [1.82, 2.24) is 30.4 Å². The van der Waals surface area contributed by atoms with Crippen LogP contribution >= 0.6 is 0 Å². The van der Waals surface area contributed by atoms with Gasteiger partial charge in [-0.25, -0.2) is 14.8 Å². The number of hydrogen-bond donors (Lipinski definition) is 2. The molecule has 3 amide bonds. The number of morpholine rings is 1. The summed E-state index contributed by atoms with van der Waals surface area (Å²) in [5.41, 5.74) is 3.31. The van der Waals surface area contributed by atoms with Gasteiger partial charge in [0, 0.05) is 43.4 Å². The maximum Gasteiger partial charge on any atom is 0.319 e. The van der Waals surface area contributed by atoms with Crippen LogP contribution in [0.3, 0.4) is 0 Å². The fourth-order valence-corrected chi connectivity index (χ4v) is 4.55. The van der Waals surface area contributed by atoms with Crippen molar-refractivity contribution >= 4 is 23.4 Å². The van der Waals surface area contributed by atoms with E-state index >= 15 is 0 Å². The van der Waals surface area contributed by atoms with E-state index in [0.29, 0.717) is 56.7 Å². The monoisotopic (exact) mass is 506 g/mol. The van der Waals surface area contributed by atoms with Crippen LogP contribution in [0.1, 0.15) is 41.7 Å². The van der Waals surface area contributed by atoms with E-state index in [0.717, 1.165) is 29.2 Å². The molecule has 0 bridgehead atoms. The summed E-state index contributed by atoms with van der Waals surface area (Å²) in [5.74, 6) is 1.45. The normalized spacial score (nSPS) is 17.3. The van der Waals surface area contributed by atoms with E-state index in [1.165, 1.54) is 0 Å². The zero-order valence-electron chi connectivity index (χ0n) is 21.2. The molecule has 1 atom stereocenters. The summed E-state index contributed by atoms with van der Waals surface area (Å²) in [6, 6.07) is 7.29. The van der Waals surface area contributed by atoms with Crippen LogP contribution in [0.15, 0.2) is 28.7 Å². The number of hydrogen-bond acceptors (Lipinski definition) is 9. The molecular weight excluding hydrogens is 476 g/mol. The van der Waals surface area contributed by atoms with Crippen molar-refractivity contribution in [2.75, 3.05) is 43.1 Å². The largest absolute Gasteiger partial charge is 0.417 e. The van der Waals surface area contributed by atoms with Gasteiger partial charge in [-0.1, -0.05) is 0 Å². The van der Waals surface area contributed by atoms with E-state index < -0.39 is 0 Å². The number of nitrogens with zero attached hydrogens (tertiary/aromatic N) is 6. The Kier molecular flexibility index (Phi) is 6.99. The fourth-order valence-electron chi connectivity index (χ4n) is 4.55. The molecule has 37 heavy (non-hydrogen) atoms. The highest BCUT2D eigenvalue weighted by molar-refractivity contribution is 5.90. The summed E-state index contributed by atoms with van der Waals surface area (Å²) in [6.45, 7) is 8.96. The number of aromatic nitrogens is 4. The molecular formula is C25H30N8O4. The predicted octanol–water partition coefficient (Wildman–Crippen LogP) is 2.40. The van der Waals surface area contributed by atoms with Gasteiger partial charge in [0.1, 0.15) is 5.82 Å². The molecule has 0 aliphatic carbocycles. The van der Waals surface area contributed by atoms with Gasteiger partial charge in [-0.3, -0.25) is 4.79 Å². The quantitative estimate of drug-likeness (QED) is 0.534. The van der Waals surface area contributed by atoms with Gasteiger partial charge in [-0.05, 0) is 44.5 Å². The van der Waals surface area contributed by atoms with Gasteiger partial charge in [0.25, 0.3) is 0 Å². The number of carbonyl (C=O) groups is 2. The average molecular weight is 507 g/mol. The predicted molar refractivity (Wildman–Crippen MR) is 135 cm³/mol. The number of amides is 3. The Bertz CT molecular complexity index is 1290. The molecule has 2 aromatic heterocycles. The first kappa shape index (κ1) is 24.6. The average Bonchev–Trinajstić information content (AvgIpc) is 3.34. The summed E-state index contributed by atoms with van der Waals surface area (Å²) < 4.78 is 11.0. The summed E-state index contributed by atoms with van der Waals surface area (Å²) in [7, 11) is 0. The van der Waals surface area contributed by atoms with Crippen LogP contribution in [0.2, 0.25) is 0 Å². The molecule has 2 aliphatic rings. The molecule has 1 saturated heterocycles. The van der Waals surface area contributed by atoms with Gasteiger partial charge < -0.3 is 29.6 Å². The van der Waals surface area contributed by atoms with Gasteiger partial charge in [-0.15, -0.1) is 10.2 Å². The summed E-state index contributed by atoms with van der Waals surface area (Å²) in [6.07, 6.45) is 0.614. The van der Waals surface area contributed by atoms with Crippen molar-refractivity contribution in [3.63, 3.8) is 0 Å². The van der Waals surface area contributed by atoms with Crippen molar-refractivity contribution in [2.45, 2.75) is 39.8 Å². The van der Waals surface area contributed by atoms with Gasteiger partial charge in [0.15, 0.2) is 5.82 Å². The van der Waals surface area contributed by atoms with Crippen molar-refractivity contribution < 1.29 is 18.7 Å². The number of carbonyl (C=O) groups excluding carboxylic acids is 2. The van der Waals surface area contributed by atoms with Gasteiger partial charge in [0.2, 0.25) is 5.89 Å². The van der Waals surface area contributed by atoms with Crippen LogP contribution in [0, 0.1) is 6.92 Å². The topological polar surface area (TPSA) is 139 Å². The Labute approximate surface area is 214 Å². The molecule has 194 valence electrons. The van der Waals surface area contributed by atoms with Gasteiger partial charge in [0.05, 0.1) is 31.5 Å². The van der Waals surface area contributed by atoms with Crippen molar-refractivity contribution in [3.05, 3.63) is 47.3 Å². The molecule has 0 spiro atoms. The number of urea groups is 1. The summed E-state index contributed by atoms with van der Waals surface area (Å²) in [4.78, 5) is 38.7. The van der Waals surface area contributed by atoms with E-state index in [2.05, 4.69) is 32.7 Å². The minimum absolute atomic E-state index is 0.0209. The molecule has 5 rings (SSSR count). The number of nitrogens with one attached hydrogen (secondary N) is 2. The lowest BCUT2D eigenvalue weighted by atomic mass is 10.0. The molecule has 3 aromatic rings. The molecule has 1 aromatic carbocycles. The summed E-state index contributed by atoms with van der Waals surface area (Å²) in [5, 5.41) is 13.2. The lowest BCUT2D eigenvalue weighted by Gasteiger charge is -2.37. The minimum Gasteiger partial charge on any atom is -0.417 e. The molecule has 4 heterocycles. The highest BCUT2D eigenvalue weighted by Gasteiger charge is 2.32. The Morgan fingerprint density at radius 2 is 1.95 bits per heavy atom. The number of rotatable bonds is 5. The SMILES string of the molecule is CCNC(=O)Nc1ccc(-c2nc3c(c(N4CCOCC4C)n2)CCN(C(=O)c2nnc(C)o2)C3)cc1. The number of anilines is 2. The zero-order chi connectivity index (χ0) is 25.9. The first-order valence-corrected chi connectivity index (χ1v) is 12.4. The molecule has 2 N–H and O–H groups in total. The van der Waals surface area contributed by atoms with E-state index in [4.69, 9.17) is 19.1 Å². The number of benzene rings is 1. The van der Waals surface area contributed by atoms with E-state index in [9.17, 15) is 9.59 Å². The first-order chi connectivity index (χ1) is 17.9. The third kappa shape index (κ3) is 5.24. The second kappa shape index (κ2) is 10.5. The zero-order valence-corrected chi connectivity index (χ0v) is 21.2. The van der Waals surface area contributed by atoms with Crippen LogP contribution in [0.5, 0.6) is 0 Å². The van der Waals surface area contributed by atoms with Crippen molar-refractivity contribution in [3.8, 4) is 11.4 Å². The third-order valence-corrected chi connectivity index (χ3v) is 6.42. The van der Waals surface area contributed by atoms with Crippen molar-refractivity contribution in [1.29, 1.82) is 0 Å². The van der Waals surface area contributed by atoms with E-state index in [1.807, 2.05) is 31.2 Å². The Morgan fingerprint density at radius 1 is 1.14 bits per heavy atom. The van der Waals surface area contributed by atoms with E-state index in [1.54, 1.807) is 11.8 Å². The number of fused-ring (bicyclic) bond motifs is 1. The number of ether oxygens (including phenoxy) is 1. The molecule has 12 nitrogen and oxygen atoms in total. The third-order valence-electron chi connectivity index (χ3n) is 6.42. The lowest BCUT2D eigenvalue weighted by molar-refractivity contribution is 0.0689. The van der Waals surface area contributed by atoms with Crippen LogP contribution in [0.25, 0.3) is 11.4 Å². The highest BCUT2D eigenvalue weighted by Crippen LogP contribution is 2.32. The minimum atomic E-state index is -0.312. The Balaban J connectivity index is 1.48. The maximum atomic E-state index is 13.0. The standard InChI is InChI=1S/C25H30N8O4/c1-4-26-25(35)27-18-7-5-17(6-8-18)21-28-20-13-32(24(34)23-31-30-16(3)37-23)10-9-19(20)22(29-21)33-11-12-36-14-15(33)2/h5-8,15H,4,9-14H2,1-3H3,(H2,26,27,35). The van der Waals surface area contributed by atoms with Crippen molar-refractivity contribution in [2.24, 2.45) is 0 Å². The lowest BCUT2D eigenvalue weighted by Crippen LogP contribution is -2.46. The van der Waals surface area contributed by atoms with E-state index in [-0.39, 0.29) is 23.9 Å². The molecule has 1 fully saturated rings. The highest BCUT2D eigenvalue weighted by atomic mass is 16.5. The molecule has 0 radical (unpaired) electrons. The second-order valence-corrected chi connectivity index (χ2v) is 9.08. The Morgan fingerprint density at radius 3 is 2.65 bits per heavy atom. The molecule has 12 heteroatoms. The smallest absolute Gasteiger partial charge is 0.319 e. The molecule has 1 unspecified atom stereocenters. The van der Waals surface area contributed by atoms with Crippen LogP contribution in [-0.4, -0.2) is 75.9 Å². The van der Waals surface area contributed by atoms with Gasteiger partial charge in [-0.2, -0.15) is 0 Å². The van der Waals surface area contributed by atoms with Crippen LogP contribution < -0.4 is 15.5 Å². The maximum absolute atomic E-state index is 13.0.